The highest BCUT2D eigenvalue weighted by atomic mass is 32.2. The van der Waals surface area contributed by atoms with Crippen LogP contribution >= 0.6 is 0 Å². The molecule has 3 rings (SSSR count). The number of hydrogen-bond acceptors (Lipinski definition) is 3. The molecule has 0 unspecified atom stereocenters. The van der Waals surface area contributed by atoms with Crippen molar-refractivity contribution < 1.29 is 13.2 Å². The predicted molar refractivity (Wildman–Crippen MR) is 107 cm³/mol. The van der Waals surface area contributed by atoms with E-state index < -0.39 is 10.0 Å². The molecule has 0 spiro atoms. The van der Waals surface area contributed by atoms with E-state index in [2.05, 4.69) is 10.0 Å². The fraction of sp³-hybridized carbons (Fsp3) is 0.381. The smallest absolute Gasteiger partial charge is 0.261 e. The van der Waals surface area contributed by atoms with Crippen molar-refractivity contribution in [3.8, 4) is 0 Å². The molecule has 1 aliphatic carbocycles. The van der Waals surface area contributed by atoms with Crippen molar-refractivity contribution in [3.63, 3.8) is 0 Å². The molecule has 5 nitrogen and oxygen atoms in total. The zero-order valence-electron chi connectivity index (χ0n) is 15.6. The van der Waals surface area contributed by atoms with Crippen LogP contribution in [-0.2, 0) is 10.0 Å². The lowest BCUT2D eigenvalue weighted by atomic mass is 10.1. The minimum absolute atomic E-state index is 0.151. The van der Waals surface area contributed by atoms with Gasteiger partial charge in [0, 0.05) is 11.6 Å². The Balaban J connectivity index is 1.76. The summed E-state index contributed by atoms with van der Waals surface area (Å²) < 4.78 is 27.8. The third-order valence-corrected chi connectivity index (χ3v) is 6.37. The topological polar surface area (TPSA) is 75.3 Å². The number of benzene rings is 2. The molecule has 0 heterocycles. The summed E-state index contributed by atoms with van der Waals surface area (Å²) in [4.78, 5) is 12.8. The Kier molecular flexibility index (Phi) is 6.16. The van der Waals surface area contributed by atoms with Crippen molar-refractivity contribution in [1.82, 2.24) is 5.32 Å². The number of anilines is 1. The molecule has 2 aromatic rings. The molecule has 2 aromatic carbocycles. The van der Waals surface area contributed by atoms with E-state index in [4.69, 9.17) is 0 Å². The summed E-state index contributed by atoms with van der Waals surface area (Å²) in [7, 11) is -3.69. The summed E-state index contributed by atoms with van der Waals surface area (Å²) in [6.45, 7) is 1.82. The molecule has 6 heteroatoms. The van der Waals surface area contributed by atoms with Crippen LogP contribution in [0.15, 0.2) is 53.4 Å². The van der Waals surface area contributed by atoms with E-state index in [1.54, 1.807) is 48.5 Å². The van der Waals surface area contributed by atoms with E-state index in [0.29, 0.717) is 11.3 Å². The summed E-state index contributed by atoms with van der Waals surface area (Å²) >= 11 is 0. The number of rotatable bonds is 5. The van der Waals surface area contributed by atoms with Gasteiger partial charge in [-0.05, 0) is 49.6 Å². The number of aryl methyl sites for hydroxylation is 1. The molecular formula is C21H26N2O3S. The molecule has 0 radical (unpaired) electrons. The summed E-state index contributed by atoms with van der Waals surface area (Å²) in [5.41, 5.74) is 1.66. The molecule has 1 fully saturated rings. The number of nitrogens with one attached hydrogen (secondary N) is 2. The maximum absolute atomic E-state index is 12.6. The van der Waals surface area contributed by atoms with Gasteiger partial charge in [0.25, 0.3) is 15.9 Å². The van der Waals surface area contributed by atoms with E-state index in [9.17, 15) is 13.2 Å². The molecule has 1 amide bonds. The van der Waals surface area contributed by atoms with Crippen molar-refractivity contribution in [2.45, 2.75) is 56.4 Å². The van der Waals surface area contributed by atoms with Gasteiger partial charge in [-0.3, -0.25) is 9.52 Å². The second-order valence-corrected chi connectivity index (χ2v) is 8.79. The van der Waals surface area contributed by atoms with Crippen LogP contribution in [0.3, 0.4) is 0 Å². The Morgan fingerprint density at radius 3 is 2.30 bits per heavy atom. The van der Waals surface area contributed by atoms with Gasteiger partial charge in [0.05, 0.1) is 10.6 Å². The van der Waals surface area contributed by atoms with Gasteiger partial charge >= 0.3 is 0 Å². The van der Waals surface area contributed by atoms with Gasteiger partial charge in [-0.1, -0.05) is 49.9 Å². The van der Waals surface area contributed by atoms with Crippen molar-refractivity contribution in [3.05, 3.63) is 59.7 Å². The van der Waals surface area contributed by atoms with E-state index in [1.807, 2.05) is 6.92 Å². The number of sulfonamides is 1. The first-order valence-electron chi connectivity index (χ1n) is 9.45. The van der Waals surface area contributed by atoms with Crippen LogP contribution in [0.4, 0.5) is 5.69 Å². The first-order chi connectivity index (χ1) is 13.0. The Bertz CT molecular complexity index is 887. The van der Waals surface area contributed by atoms with Gasteiger partial charge in [-0.25, -0.2) is 8.42 Å². The average Bonchev–Trinajstić information content (AvgIpc) is 2.93. The summed E-state index contributed by atoms with van der Waals surface area (Å²) in [5.74, 6) is -0.151. The van der Waals surface area contributed by atoms with Crippen LogP contribution < -0.4 is 10.0 Å². The zero-order chi connectivity index (χ0) is 19.3. The van der Waals surface area contributed by atoms with E-state index in [1.165, 1.54) is 12.8 Å². The van der Waals surface area contributed by atoms with Gasteiger partial charge in [0.15, 0.2) is 0 Å². The Morgan fingerprint density at radius 2 is 1.63 bits per heavy atom. The Labute approximate surface area is 161 Å². The lowest BCUT2D eigenvalue weighted by Crippen LogP contribution is -2.34. The third kappa shape index (κ3) is 5.10. The van der Waals surface area contributed by atoms with Gasteiger partial charge in [-0.2, -0.15) is 0 Å². The zero-order valence-corrected chi connectivity index (χ0v) is 16.4. The van der Waals surface area contributed by atoms with Crippen molar-refractivity contribution >= 4 is 21.6 Å². The van der Waals surface area contributed by atoms with Crippen LogP contribution in [0, 0.1) is 6.92 Å². The summed E-state index contributed by atoms with van der Waals surface area (Å²) in [6, 6.07) is 13.5. The lowest BCUT2D eigenvalue weighted by molar-refractivity contribution is 0.0933. The van der Waals surface area contributed by atoms with Crippen LogP contribution in [0.1, 0.15) is 54.4 Å². The van der Waals surface area contributed by atoms with E-state index >= 15 is 0 Å². The molecule has 2 N–H and O–H groups in total. The molecule has 0 atom stereocenters. The van der Waals surface area contributed by atoms with Gasteiger partial charge < -0.3 is 5.32 Å². The fourth-order valence-electron chi connectivity index (χ4n) is 3.37. The SMILES string of the molecule is Cc1ccc(C(=O)NC2CCCCCC2)cc1NS(=O)(=O)c1ccccc1. The quantitative estimate of drug-likeness (QED) is 0.755. The minimum atomic E-state index is -3.69. The van der Waals surface area contributed by atoms with Crippen LogP contribution in [0.5, 0.6) is 0 Å². The maximum Gasteiger partial charge on any atom is 0.261 e. The van der Waals surface area contributed by atoms with Crippen molar-refractivity contribution in [2.24, 2.45) is 0 Å². The molecule has 1 aliphatic rings. The van der Waals surface area contributed by atoms with Crippen molar-refractivity contribution in [2.75, 3.05) is 4.72 Å². The average molecular weight is 387 g/mol. The highest BCUT2D eigenvalue weighted by molar-refractivity contribution is 7.92. The van der Waals surface area contributed by atoms with Gasteiger partial charge in [0.2, 0.25) is 0 Å². The molecule has 0 bridgehead atoms. The standard InChI is InChI=1S/C21H26N2O3S/c1-16-13-14-17(21(24)22-18-9-5-2-3-6-10-18)15-20(16)23-27(25,26)19-11-7-4-8-12-19/h4,7-8,11-15,18,23H,2-3,5-6,9-10H2,1H3,(H,22,24). The molecule has 0 aromatic heterocycles. The number of amides is 1. The normalized spacial score (nSPS) is 15.7. The first-order valence-corrected chi connectivity index (χ1v) is 10.9. The number of carbonyl (C=O) groups is 1. The van der Waals surface area contributed by atoms with Crippen LogP contribution in [-0.4, -0.2) is 20.4 Å². The lowest BCUT2D eigenvalue weighted by Gasteiger charge is -2.17. The van der Waals surface area contributed by atoms with Crippen molar-refractivity contribution in [1.29, 1.82) is 0 Å². The Hall–Kier alpha value is -2.34. The summed E-state index contributed by atoms with van der Waals surface area (Å²) in [5, 5.41) is 3.10. The fourth-order valence-corrected chi connectivity index (χ4v) is 4.51. The van der Waals surface area contributed by atoms with E-state index in [-0.39, 0.29) is 16.8 Å². The van der Waals surface area contributed by atoms with Crippen LogP contribution in [0.25, 0.3) is 0 Å². The molecule has 1 saturated carbocycles. The third-order valence-electron chi connectivity index (χ3n) is 4.99. The van der Waals surface area contributed by atoms with E-state index in [0.717, 1.165) is 31.2 Å². The summed E-state index contributed by atoms with van der Waals surface area (Å²) in [6.07, 6.45) is 6.74. The molecular weight excluding hydrogens is 360 g/mol. The van der Waals surface area contributed by atoms with Gasteiger partial charge in [0.1, 0.15) is 0 Å². The number of carbonyl (C=O) groups excluding carboxylic acids is 1. The largest absolute Gasteiger partial charge is 0.349 e. The Morgan fingerprint density at radius 1 is 0.963 bits per heavy atom. The molecule has 27 heavy (non-hydrogen) atoms. The van der Waals surface area contributed by atoms with Gasteiger partial charge in [-0.15, -0.1) is 0 Å². The predicted octanol–water partition coefficient (Wildman–Crippen LogP) is 4.25. The minimum Gasteiger partial charge on any atom is -0.349 e. The highest BCUT2D eigenvalue weighted by Crippen LogP contribution is 2.22. The second kappa shape index (κ2) is 8.57. The monoisotopic (exact) mass is 386 g/mol. The molecule has 144 valence electrons. The molecule has 0 saturated heterocycles. The highest BCUT2D eigenvalue weighted by Gasteiger charge is 2.18. The number of hydrogen-bond donors (Lipinski definition) is 2. The first kappa shape index (κ1) is 19.4. The second-order valence-electron chi connectivity index (χ2n) is 7.11. The molecule has 0 aliphatic heterocycles. The van der Waals surface area contributed by atoms with Crippen LogP contribution in [0.2, 0.25) is 0 Å². The maximum atomic E-state index is 12.6.